The van der Waals surface area contributed by atoms with E-state index in [0.29, 0.717) is 0 Å². The molecule has 0 aromatic rings. The van der Waals surface area contributed by atoms with Crippen LogP contribution in [0.25, 0.3) is 0 Å². The van der Waals surface area contributed by atoms with Crippen molar-refractivity contribution in [1.82, 2.24) is 0 Å². The van der Waals surface area contributed by atoms with Crippen LogP contribution in [0.2, 0.25) is 0 Å². The molecule has 0 bridgehead atoms. The largest absolute Gasteiger partial charge is 1.00 e. The average Bonchev–Trinajstić information content (AvgIpc) is 1.54. The average molecular weight is 636 g/mol. The normalized spacial score (nSPS) is 5.40. The Kier molecular flexibility index (Phi) is 80.3. The summed E-state index contributed by atoms with van der Waals surface area (Å²) < 4.78 is -2.92. The molecular formula is B3Cl3I3Na3O3. The zero-order chi connectivity index (χ0) is 10.7. The van der Waals surface area contributed by atoms with E-state index in [-0.39, 0.29) is 88.7 Å². The summed E-state index contributed by atoms with van der Waals surface area (Å²) in [5.74, 6) is 0. The number of halogens is 6. The van der Waals surface area contributed by atoms with Gasteiger partial charge >= 0.3 is 88.7 Å². The summed E-state index contributed by atoms with van der Waals surface area (Å²) in [4.78, 5) is 0. The Labute approximate surface area is 212 Å². The molecular weight excluding hydrogens is 636 g/mol. The van der Waals surface area contributed by atoms with Crippen molar-refractivity contribution in [2.75, 3.05) is 0 Å². The maximum absolute atomic E-state index is 9.28. The van der Waals surface area contributed by atoms with Crippen LogP contribution in [0.4, 0.5) is 0 Å². The Balaban J connectivity index is -0.0000000184. The predicted octanol–water partition coefficient (Wildman–Crippen LogP) is -8.97. The first-order chi connectivity index (χ1) is 5.20. The van der Waals surface area contributed by atoms with Crippen LogP contribution in [0, 0.1) is 0 Å². The minimum absolute atomic E-state index is 0. The fraction of sp³-hybridized carbons (Fsp3) is 0. The molecule has 3 nitrogen and oxygen atoms in total. The van der Waals surface area contributed by atoms with E-state index in [4.69, 9.17) is 34.4 Å². The molecule has 0 amide bonds. The standard InChI is InChI=1S/3BClIO.3Na/c3*2-1(3)4;;;/q3*-1;3*+1. The van der Waals surface area contributed by atoms with Gasteiger partial charge in [0.15, 0.2) is 0 Å². The van der Waals surface area contributed by atoms with E-state index in [2.05, 4.69) is 0 Å². The molecule has 0 fully saturated rings. The molecule has 0 aromatic heterocycles. The smallest absolute Gasteiger partial charge is 0.858 e. The monoisotopic (exact) mass is 636 g/mol. The van der Waals surface area contributed by atoms with Gasteiger partial charge in [-0.05, 0) is 0 Å². The van der Waals surface area contributed by atoms with Crippen LogP contribution in [0.3, 0.4) is 0 Å². The third-order valence-electron chi connectivity index (χ3n) is 0. The van der Waals surface area contributed by atoms with Gasteiger partial charge in [-0.3, -0.25) is 0 Å². The fourth-order valence-corrected chi connectivity index (χ4v) is 0. The molecule has 0 saturated carbocycles. The summed E-state index contributed by atoms with van der Waals surface area (Å²) in [6, 6.07) is 0. The summed E-state index contributed by atoms with van der Waals surface area (Å²) in [6.45, 7) is 0. The zero-order valence-corrected chi connectivity index (χ0v) is 23.0. The Morgan fingerprint density at radius 1 is 0.600 bits per heavy atom. The van der Waals surface area contributed by atoms with Crippen molar-refractivity contribution in [3.63, 3.8) is 0 Å². The van der Waals surface area contributed by atoms with Gasteiger partial charge in [0.25, 0.3) is 0 Å². The van der Waals surface area contributed by atoms with Gasteiger partial charge in [0.2, 0.25) is 12.6 Å². The van der Waals surface area contributed by atoms with Gasteiger partial charge in [0.1, 0.15) is 0 Å². The van der Waals surface area contributed by atoms with Crippen molar-refractivity contribution in [1.29, 1.82) is 0 Å². The van der Waals surface area contributed by atoms with Crippen LogP contribution in [-0.2, 0) is 0 Å². The van der Waals surface area contributed by atoms with Crippen molar-refractivity contribution >= 4 is 114 Å². The summed E-state index contributed by atoms with van der Waals surface area (Å²) in [5.41, 5.74) is 0. The Bertz CT molecular complexity index is 63.4. The Hall–Kier alpha value is 6.13. The summed E-state index contributed by atoms with van der Waals surface area (Å²) in [6.07, 6.45) is 0. The summed E-state index contributed by atoms with van der Waals surface area (Å²) in [7, 11) is 0. The predicted molar refractivity (Wildman–Crippen MR) is 76.9 cm³/mol. The van der Waals surface area contributed by atoms with E-state index in [1.165, 1.54) is 0 Å². The van der Waals surface area contributed by atoms with Crippen molar-refractivity contribution < 1.29 is 104 Å². The zero-order valence-electron chi connectivity index (χ0n) is 8.22. The van der Waals surface area contributed by atoms with Crippen molar-refractivity contribution in [3.05, 3.63) is 0 Å². The van der Waals surface area contributed by atoms with E-state index in [9.17, 15) is 15.1 Å². The number of hydrogen-bond donors (Lipinski definition) is 0. The quantitative estimate of drug-likeness (QED) is 0.196. The molecule has 0 aliphatic heterocycles. The van der Waals surface area contributed by atoms with Crippen LogP contribution in [0.1, 0.15) is 0 Å². The number of rotatable bonds is 0. The maximum Gasteiger partial charge on any atom is 1.00 e. The van der Waals surface area contributed by atoms with Gasteiger partial charge in [-0.15, -0.1) is 0 Å². The molecule has 0 unspecified atom stereocenters. The summed E-state index contributed by atoms with van der Waals surface area (Å²) in [5, 5.41) is 27.8. The first kappa shape index (κ1) is 37.4. The second-order valence-corrected chi connectivity index (χ2v) is 7.57. The second-order valence-electron chi connectivity index (χ2n) is 0.782. The van der Waals surface area contributed by atoms with Gasteiger partial charge in [-0.2, -0.15) is 67.1 Å². The van der Waals surface area contributed by atoms with Crippen LogP contribution in [0.15, 0.2) is 0 Å². The van der Waals surface area contributed by atoms with E-state index >= 15 is 0 Å². The molecule has 0 aliphatic rings. The molecule has 0 N–H and O–H groups in total. The molecule has 0 aromatic carbocycles. The van der Waals surface area contributed by atoms with Crippen molar-refractivity contribution in [2.24, 2.45) is 0 Å². The minimum atomic E-state index is -0.974. The van der Waals surface area contributed by atoms with Gasteiger partial charge in [0, 0.05) is 0 Å². The minimum Gasteiger partial charge on any atom is -0.858 e. The Morgan fingerprint density at radius 2 is 0.600 bits per heavy atom. The van der Waals surface area contributed by atoms with Crippen molar-refractivity contribution in [2.45, 2.75) is 0 Å². The third kappa shape index (κ3) is 176. The summed E-state index contributed by atoms with van der Waals surface area (Å²) >= 11 is 18.8. The topological polar surface area (TPSA) is 69.2 Å². The molecule has 0 rings (SSSR count). The molecule has 72 valence electrons. The van der Waals surface area contributed by atoms with Crippen LogP contribution in [-0.4, -0.2) is 12.6 Å². The molecule has 0 atom stereocenters. The molecule has 0 radical (unpaired) electrons. The van der Waals surface area contributed by atoms with E-state index < -0.39 is 12.6 Å². The van der Waals surface area contributed by atoms with Crippen LogP contribution >= 0.6 is 102 Å². The first-order valence-corrected chi connectivity index (χ1v) is 7.06. The van der Waals surface area contributed by atoms with Crippen LogP contribution < -0.4 is 104 Å². The molecule has 15 heteroatoms. The SMILES string of the molecule is [Na+].[Na+].[Na+].[O-]B(Cl)I.[O-]B(Cl)I.[O-]B(Cl)I. The first-order valence-electron chi connectivity index (χ1n) is 2.02. The number of hydrogen-bond acceptors (Lipinski definition) is 3. The van der Waals surface area contributed by atoms with Gasteiger partial charge in [0.05, 0.1) is 0 Å². The van der Waals surface area contributed by atoms with Gasteiger partial charge < -0.3 is 15.1 Å². The molecule has 0 spiro atoms. The van der Waals surface area contributed by atoms with E-state index in [0.717, 1.165) is 0 Å². The van der Waals surface area contributed by atoms with Crippen LogP contribution in [0.5, 0.6) is 0 Å². The van der Waals surface area contributed by atoms with Crippen molar-refractivity contribution in [3.8, 4) is 0 Å². The maximum atomic E-state index is 9.28. The molecule has 0 aliphatic carbocycles. The van der Waals surface area contributed by atoms with E-state index in [1.807, 2.05) is 0 Å². The van der Waals surface area contributed by atoms with Gasteiger partial charge in [-0.25, -0.2) is 34.4 Å². The van der Waals surface area contributed by atoms with E-state index in [1.54, 1.807) is 67.1 Å². The second kappa shape index (κ2) is 32.2. The molecule has 0 heterocycles. The fourth-order valence-electron chi connectivity index (χ4n) is 0. The van der Waals surface area contributed by atoms with Gasteiger partial charge in [-0.1, -0.05) is 0 Å². The Morgan fingerprint density at radius 3 is 0.600 bits per heavy atom. The molecule has 0 saturated heterocycles. The third-order valence-corrected chi connectivity index (χ3v) is 0. The molecule has 15 heavy (non-hydrogen) atoms.